The topological polar surface area (TPSA) is 78.4 Å². The second-order valence-corrected chi connectivity index (χ2v) is 5.15. The summed E-state index contributed by atoms with van der Waals surface area (Å²) in [6.07, 6.45) is 0.205. The largest absolute Gasteiger partial charge is 0.497 e. The second-order valence-electron chi connectivity index (χ2n) is 5.15. The normalized spacial score (nSPS) is 10.5. The van der Waals surface area contributed by atoms with E-state index in [9.17, 15) is 4.79 Å². The maximum Gasteiger partial charge on any atom is 0.221 e. The number of hydrogen-bond donors (Lipinski definition) is 1. The summed E-state index contributed by atoms with van der Waals surface area (Å²) in [5, 5.41) is 4.10. The zero-order chi connectivity index (χ0) is 16.2. The minimum absolute atomic E-state index is 0.205. The molecule has 23 heavy (non-hydrogen) atoms. The van der Waals surface area contributed by atoms with Crippen LogP contribution < -0.4 is 10.5 Å². The number of hydrogen-bond acceptors (Lipinski definition) is 4. The molecule has 5 nitrogen and oxygen atoms in total. The number of primary amides is 1. The minimum atomic E-state index is -0.360. The summed E-state index contributed by atoms with van der Waals surface area (Å²) in [7, 11) is 1.63. The Morgan fingerprint density at radius 2 is 1.91 bits per heavy atom. The van der Waals surface area contributed by atoms with Gasteiger partial charge in [-0.2, -0.15) is 0 Å². The van der Waals surface area contributed by atoms with Crippen LogP contribution in [0.1, 0.15) is 5.56 Å². The third-order valence-electron chi connectivity index (χ3n) is 3.49. The number of nitrogens with zero attached hydrogens (tertiary/aromatic N) is 1. The quantitative estimate of drug-likeness (QED) is 0.785. The van der Waals surface area contributed by atoms with Crippen molar-refractivity contribution in [3.63, 3.8) is 0 Å². The summed E-state index contributed by atoms with van der Waals surface area (Å²) in [5.41, 5.74) is 8.59. The molecule has 2 N–H and O–H groups in total. The van der Waals surface area contributed by atoms with Gasteiger partial charge in [0.15, 0.2) is 5.76 Å². The van der Waals surface area contributed by atoms with Gasteiger partial charge < -0.3 is 15.0 Å². The van der Waals surface area contributed by atoms with Gasteiger partial charge in [0.25, 0.3) is 0 Å². The summed E-state index contributed by atoms with van der Waals surface area (Å²) >= 11 is 0. The van der Waals surface area contributed by atoms with Crippen molar-refractivity contribution in [1.29, 1.82) is 0 Å². The van der Waals surface area contributed by atoms with Gasteiger partial charge in [-0.15, -0.1) is 0 Å². The van der Waals surface area contributed by atoms with Gasteiger partial charge in [0.05, 0.1) is 13.5 Å². The lowest BCUT2D eigenvalue weighted by atomic mass is 10.0. The Kier molecular flexibility index (Phi) is 4.10. The second kappa shape index (κ2) is 6.36. The number of rotatable bonds is 5. The van der Waals surface area contributed by atoms with Crippen molar-refractivity contribution in [3.8, 4) is 28.3 Å². The standard InChI is InChI=1S/C18H16N2O3/c1-22-15-7-5-13(6-8-15)17-11-16(20-23-17)14-4-2-3-12(9-14)10-18(19)21/h2-9,11H,10H2,1H3,(H2,19,21). The molecule has 0 unspecified atom stereocenters. The highest BCUT2D eigenvalue weighted by atomic mass is 16.5. The van der Waals surface area contributed by atoms with Crippen LogP contribution in [0.2, 0.25) is 0 Å². The number of amides is 1. The highest BCUT2D eigenvalue weighted by molar-refractivity contribution is 5.77. The summed E-state index contributed by atoms with van der Waals surface area (Å²) in [6.45, 7) is 0. The van der Waals surface area contributed by atoms with Gasteiger partial charge in [0.2, 0.25) is 5.91 Å². The molecule has 0 spiro atoms. The zero-order valence-corrected chi connectivity index (χ0v) is 12.7. The number of methoxy groups -OCH3 is 1. The lowest BCUT2D eigenvalue weighted by Crippen LogP contribution is -2.13. The fourth-order valence-electron chi connectivity index (χ4n) is 2.34. The van der Waals surface area contributed by atoms with Crippen LogP contribution in [0.5, 0.6) is 5.75 Å². The summed E-state index contributed by atoms with van der Waals surface area (Å²) < 4.78 is 10.6. The first-order chi connectivity index (χ1) is 11.2. The SMILES string of the molecule is COc1ccc(-c2cc(-c3cccc(CC(N)=O)c3)no2)cc1. The Morgan fingerprint density at radius 3 is 2.61 bits per heavy atom. The highest BCUT2D eigenvalue weighted by Crippen LogP contribution is 2.27. The maximum absolute atomic E-state index is 11.0. The first-order valence-electron chi connectivity index (χ1n) is 7.14. The lowest BCUT2D eigenvalue weighted by Gasteiger charge is -2.00. The molecule has 1 amide bonds. The molecular weight excluding hydrogens is 292 g/mol. The number of benzene rings is 2. The van der Waals surface area contributed by atoms with E-state index in [1.165, 1.54) is 0 Å². The lowest BCUT2D eigenvalue weighted by molar-refractivity contribution is -0.117. The first kappa shape index (κ1) is 14.8. The third-order valence-corrected chi connectivity index (χ3v) is 3.49. The van der Waals surface area contributed by atoms with E-state index in [0.717, 1.165) is 22.4 Å². The Hall–Kier alpha value is -3.08. The molecule has 0 bridgehead atoms. The van der Waals surface area contributed by atoms with E-state index in [1.54, 1.807) is 7.11 Å². The van der Waals surface area contributed by atoms with Gasteiger partial charge in [-0.25, -0.2) is 0 Å². The van der Waals surface area contributed by atoms with Gasteiger partial charge in [0.1, 0.15) is 11.4 Å². The highest BCUT2D eigenvalue weighted by Gasteiger charge is 2.10. The van der Waals surface area contributed by atoms with Crippen molar-refractivity contribution in [1.82, 2.24) is 5.16 Å². The monoisotopic (exact) mass is 308 g/mol. The van der Waals surface area contributed by atoms with Gasteiger partial charge in [-0.1, -0.05) is 23.4 Å². The van der Waals surface area contributed by atoms with E-state index in [0.29, 0.717) is 11.5 Å². The number of ether oxygens (including phenoxy) is 1. The van der Waals surface area contributed by atoms with Crippen LogP contribution in [0.3, 0.4) is 0 Å². The van der Waals surface area contributed by atoms with Crippen molar-refractivity contribution in [2.45, 2.75) is 6.42 Å². The molecule has 3 rings (SSSR count). The average Bonchev–Trinajstić information content (AvgIpc) is 3.04. The minimum Gasteiger partial charge on any atom is -0.497 e. The van der Waals surface area contributed by atoms with Gasteiger partial charge in [-0.3, -0.25) is 4.79 Å². The van der Waals surface area contributed by atoms with E-state index in [4.69, 9.17) is 15.0 Å². The van der Waals surface area contributed by atoms with Crippen LogP contribution >= 0.6 is 0 Å². The number of nitrogens with two attached hydrogens (primary N) is 1. The Labute approximate surface area is 133 Å². The molecule has 0 atom stereocenters. The maximum atomic E-state index is 11.0. The predicted molar refractivity (Wildman–Crippen MR) is 86.8 cm³/mol. The van der Waals surface area contributed by atoms with E-state index in [2.05, 4.69) is 5.16 Å². The molecule has 5 heteroatoms. The smallest absolute Gasteiger partial charge is 0.221 e. The molecule has 3 aromatic rings. The van der Waals surface area contributed by atoms with Crippen molar-refractivity contribution in [2.75, 3.05) is 7.11 Å². The zero-order valence-electron chi connectivity index (χ0n) is 12.7. The molecule has 2 aromatic carbocycles. The molecule has 1 heterocycles. The Morgan fingerprint density at radius 1 is 1.13 bits per heavy atom. The molecule has 0 aliphatic carbocycles. The summed E-state index contributed by atoms with van der Waals surface area (Å²) in [4.78, 5) is 11.0. The molecule has 0 fully saturated rings. The first-order valence-corrected chi connectivity index (χ1v) is 7.14. The third kappa shape index (κ3) is 3.40. The van der Waals surface area contributed by atoms with Gasteiger partial charge >= 0.3 is 0 Å². The summed E-state index contributed by atoms with van der Waals surface area (Å²) in [6, 6.07) is 17.0. The molecule has 0 saturated carbocycles. The van der Waals surface area contributed by atoms with Crippen LogP contribution in [0.15, 0.2) is 59.1 Å². The molecule has 0 aliphatic heterocycles. The molecule has 0 radical (unpaired) electrons. The fraction of sp³-hybridized carbons (Fsp3) is 0.111. The van der Waals surface area contributed by atoms with Crippen LogP contribution in [-0.2, 0) is 11.2 Å². The van der Waals surface area contributed by atoms with Crippen LogP contribution in [0.25, 0.3) is 22.6 Å². The van der Waals surface area contributed by atoms with E-state index >= 15 is 0 Å². The van der Waals surface area contributed by atoms with Gasteiger partial charge in [0, 0.05) is 17.2 Å². The Balaban J connectivity index is 1.87. The molecule has 0 saturated heterocycles. The number of aromatic nitrogens is 1. The molecular formula is C18H16N2O3. The van der Waals surface area contributed by atoms with Crippen LogP contribution in [-0.4, -0.2) is 18.2 Å². The Bertz CT molecular complexity index is 822. The average molecular weight is 308 g/mol. The van der Waals surface area contributed by atoms with E-state index < -0.39 is 0 Å². The van der Waals surface area contributed by atoms with E-state index in [-0.39, 0.29) is 12.3 Å². The predicted octanol–water partition coefficient (Wildman–Crippen LogP) is 3.05. The fourth-order valence-corrected chi connectivity index (χ4v) is 2.34. The van der Waals surface area contributed by atoms with E-state index in [1.807, 2.05) is 54.6 Å². The molecule has 116 valence electrons. The van der Waals surface area contributed by atoms with Crippen LogP contribution in [0, 0.1) is 0 Å². The van der Waals surface area contributed by atoms with Gasteiger partial charge in [-0.05, 0) is 35.9 Å². The van der Waals surface area contributed by atoms with Crippen LogP contribution in [0.4, 0.5) is 0 Å². The number of carbonyl (C=O) groups excluding carboxylic acids is 1. The van der Waals surface area contributed by atoms with Crippen molar-refractivity contribution in [2.24, 2.45) is 5.73 Å². The van der Waals surface area contributed by atoms with Crippen molar-refractivity contribution >= 4 is 5.91 Å². The molecule has 0 aliphatic rings. The van der Waals surface area contributed by atoms with Crippen molar-refractivity contribution in [3.05, 3.63) is 60.2 Å². The molecule has 1 aromatic heterocycles. The summed E-state index contributed by atoms with van der Waals surface area (Å²) in [5.74, 6) is 1.09. The number of carbonyl (C=O) groups is 1. The van der Waals surface area contributed by atoms with Crippen molar-refractivity contribution < 1.29 is 14.1 Å².